The van der Waals surface area contributed by atoms with Crippen molar-refractivity contribution in [2.75, 3.05) is 39.8 Å². The first-order valence-electron chi connectivity index (χ1n) is 6.66. The average molecular weight is 275 g/mol. The Bertz CT molecular complexity index is 354. The fraction of sp³-hybridized carbons (Fsp3) is 0.833. The summed E-state index contributed by atoms with van der Waals surface area (Å²) in [5.41, 5.74) is 0. The second-order valence-electron chi connectivity index (χ2n) is 4.55. The normalized spacial score (nSPS) is 17.5. The van der Waals surface area contributed by atoms with Crippen molar-refractivity contribution >= 4 is 10.2 Å². The fourth-order valence-electron chi connectivity index (χ4n) is 1.87. The van der Waals surface area contributed by atoms with E-state index in [1.807, 2.05) is 12.2 Å². The highest BCUT2D eigenvalue weighted by Crippen LogP contribution is 2.11. The van der Waals surface area contributed by atoms with Crippen LogP contribution in [0.1, 0.15) is 26.2 Å². The van der Waals surface area contributed by atoms with Gasteiger partial charge in [-0.05, 0) is 32.4 Å². The van der Waals surface area contributed by atoms with Gasteiger partial charge >= 0.3 is 0 Å². The van der Waals surface area contributed by atoms with Crippen molar-refractivity contribution in [1.29, 1.82) is 0 Å². The fourth-order valence-corrected chi connectivity index (χ4v) is 3.23. The summed E-state index contributed by atoms with van der Waals surface area (Å²) >= 11 is 0. The zero-order chi connectivity index (χ0) is 13.4. The molecule has 1 aliphatic heterocycles. The van der Waals surface area contributed by atoms with Gasteiger partial charge in [-0.15, -0.1) is 0 Å². The predicted molar refractivity (Wildman–Crippen MR) is 74.7 cm³/mol. The van der Waals surface area contributed by atoms with Gasteiger partial charge in [0.15, 0.2) is 0 Å². The summed E-state index contributed by atoms with van der Waals surface area (Å²) in [5, 5.41) is 3.28. The van der Waals surface area contributed by atoms with E-state index in [0.29, 0.717) is 19.6 Å². The Kier molecular flexibility index (Phi) is 6.85. The molecule has 0 saturated carbocycles. The Hall–Kier alpha value is -0.430. The number of nitrogens with zero attached hydrogens (tertiary/aromatic N) is 2. The van der Waals surface area contributed by atoms with E-state index in [9.17, 15) is 8.42 Å². The molecule has 0 fully saturated rings. The Labute approximate surface area is 111 Å². The number of rotatable bonds is 8. The van der Waals surface area contributed by atoms with Crippen molar-refractivity contribution in [3.63, 3.8) is 0 Å². The predicted octanol–water partition coefficient (Wildman–Crippen LogP) is 0.815. The monoisotopic (exact) mass is 275 g/mol. The molecule has 0 aromatic heterocycles. The Balaban J connectivity index is 2.34. The summed E-state index contributed by atoms with van der Waals surface area (Å²) in [6.07, 6.45) is 6.71. The topological polar surface area (TPSA) is 52.7 Å². The van der Waals surface area contributed by atoms with Crippen molar-refractivity contribution in [1.82, 2.24) is 13.9 Å². The summed E-state index contributed by atoms with van der Waals surface area (Å²) in [7, 11) is -1.61. The second kappa shape index (κ2) is 7.89. The minimum atomic E-state index is -3.27. The molecular formula is C12H25N3O2S. The molecule has 0 bridgehead atoms. The summed E-state index contributed by atoms with van der Waals surface area (Å²) < 4.78 is 27.4. The summed E-state index contributed by atoms with van der Waals surface area (Å²) in [6.45, 7) is 5.64. The molecule has 1 rings (SSSR count). The quantitative estimate of drug-likeness (QED) is 0.527. The van der Waals surface area contributed by atoms with Crippen molar-refractivity contribution in [2.24, 2.45) is 0 Å². The second-order valence-corrected chi connectivity index (χ2v) is 6.59. The lowest BCUT2D eigenvalue weighted by Gasteiger charge is -2.28. The maximum atomic E-state index is 12.2. The van der Waals surface area contributed by atoms with E-state index < -0.39 is 10.2 Å². The van der Waals surface area contributed by atoms with Crippen LogP contribution < -0.4 is 5.32 Å². The molecule has 6 heteroatoms. The minimum absolute atomic E-state index is 0.501. The molecule has 0 aromatic rings. The van der Waals surface area contributed by atoms with E-state index in [1.54, 1.807) is 7.05 Å². The highest BCUT2D eigenvalue weighted by Gasteiger charge is 2.26. The van der Waals surface area contributed by atoms with Crippen LogP contribution in [-0.4, -0.2) is 56.8 Å². The van der Waals surface area contributed by atoms with Crippen LogP contribution in [0.4, 0.5) is 0 Å². The SMILES string of the molecule is CCCNCCCN(C)S(=O)(=O)N1CC=CCC1. The van der Waals surface area contributed by atoms with Crippen molar-refractivity contribution in [2.45, 2.75) is 26.2 Å². The smallest absolute Gasteiger partial charge is 0.282 e. The van der Waals surface area contributed by atoms with Crippen LogP contribution >= 0.6 is 0 Å². The number of hydrogen-bond donors (Lipinski definition) is 1. The van der Waals surface area contributed by atoms with Crippen LogP contribution in [0.25, 0.3) is 0 Å². The van der Waals surface area contributed by atoms with Gasteiger partial charge in [-0.2, -0.15) is 17.0 Å². The van der Waals surface area contributed by atoms with Crippen molar-refractivity contribution in [3.8, 4) is 0 Å². The van der Waals surface area contributed by atoms with Gasteiger partial charge < -0.3 is 5.32 Å². The van der Waals surface area contributed by atoms with E-state index in [-0.39, 0.29) is 0 Å². The molecule has 0 radical (unpaired) electrons. The van der Waals surface area contributed by atoms with Gasteiger partial charge in [-0.1, -0.05) is 19.1 Å². The lowest BCUT2D eigenvalue weighted by Crippen LogP contribution is -2.44. The third-order valence-electron chi connectivity index (χ3n) is 2.99. The van der Waals surface area contributed by atoms with Gasteiger partial charge in [0.25, 0.3) is 10.2 Å². The molecular weight excluding hydrogens is 250 g/mol. The molecule has 0 aromatic carbocycles. The highest BCUT2D eigenvalue weighted by molar-refractivity contribution is 7.86. The molecule has 1 heterocycles. The van der Waals surface area contributed by atoms with E-state index in [1.165, 1.54) is 8.61 Å². The van der Waals surface area contributed by atoms with Gasteiger partial charge in [0.05, 0.1) is 0 Å². The Morgan fingerprint density at radius 2 is 2.11 bits per heavy atom. The van der Waals surface area contributed by atoms with Gasteiger partial charge in [-0.3, -0.25) is 0 Å². The van der Waals surface area contributed by atoms with Gasteiger partial charge in [0.2, 0.25) is 0 Å². The first kappa shape index (κ1) is 15.6. The number of nitrogens with one attached hydrogen (secondary N) is 1. The minimum Gasteiger partial charge on any atom is -0.317 e. The molecule has 1 aliphatic rings. The van der Waals surface area contributed by atoms with Crippen molar-refractivity contribution < 1.29 is 8.42 Å². The molecule has 106 valence electrons. The van der Waals surface area contributed by atoms with E-state index in [0.717, 1.165) is 32.4 Å². The maximum absolute atomic E-state index is 12.2. The van der Waals surface area contributed by atoms with E-state index >= 15 is 0 Å². The lowest BCUT2D eigenvalue weighted by atomic mass is 10.3. The summed E-state index contributed by atoms with van der Waals surface area (Å²) in [6, 6.07) is 0. The average Bonchev–Trinajstić information content (AvgIpc) is 2.39. The van der Waals surface area contributed by atoms with Gasteiger partial charge in [0.1, 0.15) is 0 Å². The van der Waals surface area contributed by atoms with Crippen LogP contribution in [-0.2, 0) is 10.2 Å². The summed E-state index contributed by atoms with van der Waals surface area (Å²) in [4.78, 5) is 0. The third kappa shape index (κ3) is 4.68. The molecule has 0 aliphatic carbocycles. The molecule has 0 saturated heterocycles. The van der Waals surface area contributed by atoms with Gasteiger partial charge in [-0.25, -0.2) is 0 Å². The van der Waals surface area contributed by atoms with Crippen LogP contribution in [0.15, 0.2) is 12.2 Å². The van der Waals surface area contributed by atoms with Gasteiger partial charge in [0, 0.05) is 26.7 Å². The molecule has 0 unspecified atom stereocenters. The van der Waals surface area contributed by atoms with E-state index in [2.05, 4.69) is 12.2 Å². The zero-order valence-corrected chi connectivity index (χ0v) is 12.2. The van der Waals surface area contributed by atoms with Crippen molar-refractivity contribution in [3.05, 3.63) is 12.2 Å². The first-order valence-corrected chi connectivity index (χ1v) is 8.06. The standard InChI is InChI=1S/C12H25N3O2S/c1-3-8-13-9-7-10-14(2)18(16,17)15-11-5-4-6-12-15/h4-5,13H,3,6-12H2,1-2H3. The van der Waals surface area contributed by atoms with E-state index in [4.69, 9.17) is 0 Å². The number of hydrogen-bond acceptors (Lipinski definition) is 3. The maximum Gasteiger partial charge on any atom is 0.282 e. The van der Waals surface area contributed by atoms with Crippen LogP contribution in [0, 0.1) is 0 Å². The molecule has 1 N–H and O–H groups in total. The molecule has 0 amide bonds. The molecule has 5 nitrogen and oxygen atoms in total. The zero-order valence-electron chi connectivity index (χ0n) is 11.4. The molecule has 18 heavy (non-hydrogen) atoms. The van der Waals surface area contributed by atoms with Crippen LogP contribution in [0.5, 0.6) is 0 Å². The summed E-state index contributed by atoms with van der Waals surface area (Å²) in [5.74, 6) is 0. The van der Waals surface area contributed by atoms with Crippen LogP contribution in [0.3, 0.4) is 0 Å². The lowest BCUT2D eigenvalue weighted by molar-refractivity contribution is 0.370. The largest absolute Gasteiger partial charge is 0.317 e. The van der Waals surface area contributed by atoms with Crippen LogP contribution in [0.2, 0.25) is 0 Å². The Morgan fingerprint density at radius 1 is 1.33 bits per heavy atom. The molecule has 0 atom stereocenters. The Morgan fingerprint density at radius 3 is 2.72 bits per heavy atom. The molecule has 0 spiro atoms. The first-order chi connectivity index (χ1) is 8.59. The highest BCUT2D eigenvalue weighted by atomic mass is 32.2. The third-order valence-corrected chi connectivity index (χ3v) is 4.95.